The van der Waals surface area contributed by atoms with E-state index < -0.39 is 6.04 Å². The third kappa shape index (κ3) is 3.81. The van der Waals surface area contributed by atoms with E-state index in [1.54, 1.807) is 47.4 Å². The fourth-order valence-electron chi connectivity index (χ4n) is 4.19. The summed E-state index contributed by atoms with van der Waals surface area (Å²) in [4.78, 5) is 28.7. The molecular formula is C27H20ClNO4. The average molecular weight is 458 g/mol. The number of hydrogen-bond acceptors (Lipinski definition) is 4. The lowest BCUT2D eigenvalue weighted by Gasteiger charge is -2.25. The first kappa shape index (κ1) is 21.0. The van der Waals surface area contributed by atoms with Crippen LogP contribution in [0.4, 0.5) is 0 Å². The van der Waals surface area contributed by atoms with E-state index in [1.807, 2.05) is 36.4 Å². The van der Waals surface area contributed by atoms with Crippen LogP contribution in [0.15, 0.2) is 94.7 Å². The van der Waals surface area contributed by atoms with Gasteiger partial charge in [-0.05, 0) is 47.5 Å². The van der Waals surface area contributed by atoms with E-state index in [-0.39, 0.29) is 17.1 Å². The Morgan fingerprint density at radius 3 is 2.61 bits per heavy atom. The van der Waals surface area contributed by atoms with Gasteiger partial charge < -0.3 is 14.1 Å². The van der Waals surface area contributed by atoms with Gasteiger partial charge in [0.1, 0.15) is 17.9 Å². The molecule has 3 aromatic carbocycles. The highest BCUT2D eigenvalue weighted by molar-refractivity contribution is 6.30. The second-order valence-electron chi connectivity index (χ2n) is 7.80. The summed E-state index contributed by atoms with van der Waals surface area (Å²) in [6, 6.07) is 21.1. The normalized spacial score (nSPS) is 15.0. The van der Waals surface area contributed by atoms with Crippen molar-refractivity contribution in [2.45, 2.75) is 12.6 Å². The molecule has 5 rings (SSSR count). The SMILES string of the molecule is C=CCOc1cccc(C2c3c(oc4ccccc4c3=O)C(=O)N2Cc2ccc(Cl)cc2)c1. The molecule has 1 amide bonds. The molecule has 1 aliphatic heterocycles. The van der Waals surface area contributed by atoms with Gasteiger partial charge in [0, 0.05) is 11.6 Å². The van der Waals surface area contributed by atoms with Gasteiger partial charge in [-0.2, -0.15) is 0 Å². The van der Waals surface area contributed by atoms with Crippen molar-refractivity contribution < 1.29 is 13.9 Å². The van der Waals surface area contributed by atoms with E-state index in [0.717, 1.165) is 11.1 Å². The first-order valence-electron chi connectivity index (χ1n) is 10.5. The minimum atomic E-state index is -0.615. The molecule has 1 aliphatic rings. The largest absolute Gasteiger partial charge is 0.490 e. The summed E-state index contributed by atoms with van der Waals surface area (Å²) in [7, 11) is 0. The number of carbonyl (C=O) groups excluding carboxylic acids is 1. The van der Waals surface area contributed by atoms with Crippen molar-refractivity contribution in [2.24, 2.45) is 0 Å². The van der Waals surface area contributed by atoms with Crippen LogP contribution in [0.25, 0.3) is 11.0 Å². The van der Waals surface area contributed by atoms with Gasteiger partial charge in [0.05, 0.1) is 17.0 Å². The van der Waals surface area contributed by atoms with Crippen LogP contribution in [-0.2, 0) is 6.54 Å². The summed E-state index contributed by atoms with van der Waals surface area (Å²) < 4.78 is 11.7. The zero-order valence-electron chi connectivity index (χ0n) is 17.7. The Morgan fingerprint density at radius 1 is 1.03 bits per heavy atom. The highest BCUT2D eigenvalue weighted by Crippen LogP contribution is 2.40. The van der Waals surface area contributed by atoms with Gasteiger partial charge in [-0.25, -0.2) is 0 Å². The number of amides is 1. The molecule has 0 bridgehead atoms. The molecule has 6 heteroatoms. The Hall–Kier alpha value is -3.83. The molecule has 1 atom stereocenters. The van der Waals surface area contributed by atoms with E-state index in [2.05, 4.69) is 6.58 Å². The number of nitrogens with zero attached hydrogens (tertiary/aromatic N) is 1. The van der Waals surface area contributed by atoms with Crippen molar-refractivity contribution >= 4 is 28.5 Å². The van der Waals surface area contributed by atoms with Crippen LogP contribution < -0.4 is 10.2 Å². The van der Waals surface area contributed by atoms with Crippen LogP contribution in [0.1, 0.15) is 33.3 Å². The van der Waals surface area contributed by atoms with Crippen LogP contribution in [-0.4, -0.2) is 17.4 Å². The summed E-state index contributed by atoms with van der Waals surface area (Å²) >= 11 is 6.04. The molecule has 0 radical (unpaired) electrons. The van der Waals surface area contributed by atoms with E-state index in [9.17, 15) is 9.59 Å². The fraction of sp³-hybridized carbons (Fsp3) is 0.111. The van der Waals surface area contributed by atoms with E-state index in [1.165, 1.54) is 0 Å². The van der Waals surface area contributed by atoms with Crippen LogP contribution in [0.2, 0.25) is 5.02 Å². The topological polar surface area (TPSA) is 59.8 Å². The third-order valence-electron chi connectivity index (χ3n) is 5.68. The molecule has 4 aromatic rings. The van der Waals surface area contributed by atoms with Crippen molar-refractivity contribution in [1.29, 1.82) is 0 Å². The Kier molecular flexibility index (Phi) is 5.48. The van der Waals surface area contributed by atoms with Crippen molar-refractivity contribution in [3.05, 3.63) is 123 Å². The van der Waals surface area contributed by atoms with Crippen LogP contribution in [0.3, 0.4) is 0 Å². The lowest BCUT2D eigenvalue weighted by molar-refractivity contribution is 0.0714. The van der Waals surface area contributed by atoms with Gasteiger partial charge in [-0.15, -0.1) is 0 Å². The number of rotatable bonds is 6. The molecule has 0 aliphatic carbocycles. The maximum absolute atomic E-state index is 13.5. The predicted molar refractivity (Wildman–Crippen MR) is 128 cm³/mol. The van der Waals surface area contributed by atoms with Crippen LogP contribution in [0, 0.1) is 0 Å². The number of fused-ring (bicyclic) bond motifs is 2. The molecule has 164 valence electrons. The van der Waals surface area contributed by atoms with E-state index in [4.69, 9.17) is 20.8 Å². The highest BCUT2D eigenvalue weighted by Gasteiger charge is 2.42. The molecular weight excluding hydrogens is 438 g/mol. The monoisotopic (exact) mass is 457 g/mol. The quantitative estimate of drug-likeness (QED) is 0.345. The maximum atomic E-state index is 13.5. The summed E-state index contributed by atoms with van der Waals surface area (Å²) in [6.45, 7) is 4.32. The number of hydrogen-bond donors (Lipinski definition) is 0. The predicted octanol–water partition coefficient (Wildman–Crippen LogP) is 5.76. The number of carbonyl (C=O) groups is 1. The maximum Gasteiger partial charge on any atom is 0.291 e. The second-order valence-corrected chi connectivity index (χ2v) is 8.24. The van der Waals surface area contributed by atoms with Crippen LogP contribution >= 0.6 is 11.6 Å². The van der Waals surface area contributed by atoms with Gasteiger partial charge in [0.25, 0.3) is 5.91 Å². The minimum Gasteiger partial charge on any atom is -0.490 e. The first-order chi connectivity index (χ1) is 16.1. The molecule has 0 fully saturated rings. The Labute approximate surface area is 195 Å². The van der Waals surface area contributed by atoms with Gasteiger partial charge in [0.15, 0.2) is 5.43 Å². The molecule has 33 heavy (non-hydrogen) atoms. The summed E-state index contributed by atoms with van der Waals surface area (Å²) in [6.07, 6.45) is 1.66. The summed E-state index contributed by atoms with van der Waals surface area (Å²) in [5.41, 5.74) is 2.18. The smallest absolute Gasteiger partial charge is 0.291 e. The molecule has 0 saturated carbocycles. The zero-order chi connectivity index (χ0) is 22.9. The lowest BCUT2D eigenvalue weighted by Crippen LogP contribution is -2.29. The van der Waals surface area contributed by atoms with Gasteiger partial charge >= 0.3 is 0 Å². The van der Waals surface area contributed by atoms with Crippen molar-refractivity contribution in [3.63, 3.8) is 0 Å². The number of halogens is 1. The zero-order valence-corrected chi connectivity index (χ0v) is 18.4. The Balaban J connectivity index is 1.68. The number of para-hydroxylation sites is 1. The Bertz CT molecular complexity index is 1420. The van der Waals surface area contributed by atoms with Crippen molar-refractivity contribution in [1.82, 2.24) is 4.90 Å². The van der Waals surface area contributed by atoms with E-state index >= 15 is 0 Å². The summed E-state index contributed by atoms with van der Waals surface area (Å²) in [5, 5.41) is 1.06. The fourth-order valence-corrected chi connectivity index (χ4v) is 4.32. The molecule has 5 nitrogen and oxygen atoms in total. The molecule has 1 unspecified atom stereocenters. The van der Waals surface area contributed by atoms with Gasteiger partial charge in [0.2, 0.25) is 5.76 Å². The molecule has 0 saturated heterocycles. The third-order valence-corrected chi connectivity index (χ3v) is 5.93. The molecule has 0 N–H and O–H groups in total. The molecule has 0 spiro atoms. The molecule has 1 aromatic heterocycles. The Morgan fingerprint density at radius 2 is 1.82 bits per heavy atom. The molecule has 2 heterocycles. The summed E-state index contributed by atoms with van der Waals surface area (Å²) in [5.74, 6) is 0.380. The van der Waals surface area contributed by atoms with E-state index in [0.29, 0.717) is 40.5 Å². The van der Waals surface area contributed by atoms with Crippen molar-refractivity contribution in [3.8, 4) is 5.75 Å². The first-order valence-corrected chi connectivity index (χ1v) is 10.9. The van der Waals surface area contributed by atoms with Crippen molar-refractivity contribution in [2.75, 3.05) is 6.61 Å². The lowest BCUT2D eigenvalue weighted by atomic mass is 9.98. The van der Waals surface area contributed by atoms with Gasteiger partial charge in [-0.3, -0.25) is 9.59 Å². The van der Waals surface area contributed by atoms with Gasteiger partial charge in [-0.1, -0.05) is 60.7 Å². The highest BCUT2D eigenvalue weighted by atomic mass is 35.5. The standard InChI is InChI=1S/C27H20ClNO4/c1-2-14-32-20-7-5-6-18(15-20)24-23-25(30)21-8-3-4-9-22(21)33-26(23)27(31)29(24)16-17-10-12-19(28)13-11-17/h2-13,15,24H,1,14,16H2. The van der Waals surface area contributed by atoms with Crippen LogP contribution in [0.5, 0.6) is 5.75 Å². The minimum absolute atomic E-state index is 0.0788. The average Bonchev–Trinajstić information content (AvgIpc) is 3.11. The number of ether oxygens (including phenoxy) is 1. The second kappa shape index (κ2) is 8.60. The number of benzene rings is 3.